The predicted octanol–water partition coefficient (Wildman–Crippen LogP) is 4.06. The third-order valence-corrected chi connectivity index (χ3v) is 4.59. The Morgan fingerprint density at radius 2 is 1.86 bits per heavy atom. The molecule has 1 aromatic carbocycles. The molecule has 1 aromatic rings. The van der Waals surface area contributed by atoms with Crippen molar-refractivity contribution < 1.29 is 23.8 Å². The first-order chi connectivity index (χ1) is 13.5. The van der Waals surface area contributed by atoms with Gasteiger partial charge in [0.2, 0.25) is 5.91 Å². The Morgan fingerprint density at radius 1 is 1.17 bits per heavy atom. The molecule has 2 rings (SSSR count). The smallest absolute Gasteiger partial charge is 0.410 e. The minimum atomic E-state index is -0.593. The van der Waals surface area contributed by atoms with Crippen molar-refractivity contribution in [2.75, 3.05) is 13.7 Å². The average Bonchev–Trinajstić information content (AvgIpc) is 3.10. The van der Waals surface area contributed by atoms with E-state index in [0.29, 0.717) is 24.5 Å². The molecule has 7 heteroatoms. The highest BCUT2D eigenvalue weighted by Gasteiger charge is 2.37. The zero-order valence-corrected chi connectivity index (χ0v) is 18.6. The van der Waals surface area contributed by atoms with E-state index >= 15 is 0 Å². The van der Waals surface area contributed by atoms with E-state index in [-0.39, 0.29) is 18.1 Å². The van der Waals surface area contributed by atoms with E-state index < -0.39 is 17.7 Å². The number of benzene rings is 1. The van der Waals surface area contributed by atoms with Crippen LogP contribution in [-0.4, -0.2) is 48.3 Å². The van der Waals surface area contributed by atoms with Crippen molar-refractivity contribution in [3.05, 3.63) is 23.8 Å². The quantitative estimate of drug-likeness (QED) is 0.771. The van der Waals surface area contributed by atoms with Gasteiger partial charge in [0.05, 0.1) is 19.3 Å². The Balaban J connectivity index is 2.07. The van der Waals surface area contributed by atoms with E-state index in [0.717, 1.165) is 12.0 Å². The van der Waals surface area contributed by atoms with Gasteiger partial charge in [0.25, 0.3) is 0 Å². The Bertz CT molecular complexity index is 726. The molecule has 1 N–H and O–H groups in total. The predicted molar refractivity (Wildman–Crippen MR) is 111 cm³/mol. The lowest BCUT2D eigenvalue weighted by Crippen LogP contribution is -2.48. The first kappa shape index (κ1) is 22.8. The van der Waals surface area contributed by atoms with Crippen LogP contribution in [0.25, 0.3) is 0 Å². The third-order valence-electron chi connectivity index (χ3n) is 4.59. The standard InChI is InChI=1S/C22H34N2O5/c1-14(2)28-18-11-10-16(13-19(18)27-7)15(3)23-20(25)17-9-8-12-24(17)21(26)29-22(4,5)6/h10-11,13-15,17H,8-9,12H2,1-7H3,(H,23,25)/t15?,17-/m0/s1. The molecule has 0 saturated carbocycles. The summed E-state index contributed by atoms with van der Waals surface area (Å²) in [5.74, 6) is 1.10. The van der Waals surface area contributed by atoms with Gasteiger partial charge >= 0.3 is 6.09 Å². The van der Waals surface area contributed by atoms with Crippen LogP contribution in [0, 0.1) is 0 Å². The lowest BCUT2D eigenvalue weighted by atomic mass is 10.1. The van der Waals surface area contributed by atoms with E-state index in [9.17, 15) is 9.59 Å². The zero-order valence-electron chi connectivity index (χ0n) is 18.6. The molecule has 29 heavy (non-hydrogen) atoms. The van der Waals surface area contributed by atoms with Gasteiger partial charge in [-0.15, -0.1) is 0 Å². The molecule has 1 aliphatic heterocycles. The van der Waals surface area contributed by atoms with Crippen LogP contribution in [0.1, 0.15) is 66.0 Å². The Kier molecular flexibility index (Phi) is 7.38. The molecule has 2 atom stereocenters. The summed E-state index contributed by atoms with van der Waals surface area (Å²) >= 11 is 0. The van der Waals surface area contributed by atoms with Crippen LogP contribution in [0.15, 0.2) is 18.2 Å². The van der Waals surface area contributed by atoms with Gasteiger partial charge in [-0.05, 0) is 72.1 Å². The summed E-state index contributed by atoms with van der Waals surface area (Å²) in [6.45, 7) is 11.8. The van der Waals surface area contributed by atoms with E-state index in [4.69, 9.17) is 14.2 Å². The van der Waals surface area contributed by atoms with Gasteiger partial charge in [-0.2, -0.15) is 0 Å². The highest BCUT2D eigenvalue weighted by atomic mass is 16.6. The molecule has 2 amide bonds. The summed E-state index contributed by atoms with van der Waals surface area (Å²) in [5.41, 5.74) is 0.303. The monoisotopic (exact) mass is 406 g/mol. The summed E-state index contributed by atoms with van der Waals surface area (Å²) in [6.07, 6.45) is 0.996. The van der Waals surface area contributed by atoms with Crippen LogP contribution in [0.3, 0.4) is 0 Å². The maximum Gasteiger partial charge on any atom is 0.410 e. The number of hydrogen-bond acceptors (Lipinski definition) is 5. The summed E-state index contributed by atoms with van der Waals surface area (Å²) in [4.78, 5) is 26.8. The number of nitrogens with one attached hydrogen (secondary N) is 1. The molecule has 1 fully saturated rings. The third kappa shape index (κ3) is 6.27. The molecule has 1 aliphatic rings. The summed E-state index contributed by atoms with van der Waals surface area (Å²) in [7, 11) is 1.59. The van der Waals surface area contributed by atoms with Crippen molar-refractivity contribution in [2.45, 2.75) is 78.2 Å². The fourth-order valence-electron chi connectivity index (χ4n) is 3.28. The number of hydrogen-bond donors (Lipinski definition) is 1. The molecular weight excluding hydrogens is 372 g/mol. The van der Waals surface area contributed by atoms with E-state index in [2.05, 4.69) is 5.32 Å². The van der Waals surface area contributed by atoms with Crippen molar-refractivity contribution in [1.29, 1.82) is 0 Å². The normalized spacial score (nSPS) is 17.8. The maximum absolute atomic E-state index is 12.9. The average molecular weight is 407 g/mol. The van der Waals surface area contributed by atoms with Crippen LogP contribution in [0.4, 0.5) is 4.79 Å². The molecular formula is C22H34N2O5. The van der Waals surface area contributed by atoms with Crippen molar-refractivity contribution >= 4 is 12.0 Å². The Hall–Kier alpha value is -2.44. The van der Waals surface area contributed by atoms with Gasteiger partial charge in [0.15, 0.2) is 11.5 Å². The number of rotatable bonds is 6. The molecule has 0 aliphatic carbocycles. The number of carbonyl (C=O) groups is 2. The molecule has 1 unspecified atom stereocenters. The molecule has 0 radical (unpaired) electrons. The van der Waals surface area contributed by atoms with E-state index in [1.807, 2.05) is 59.7 Å². The fourth-order valence-corrected chi connectivity index (χ4v) is 3.28. The van der Waals surface area contributed by atoms with Crippen molar-refractivity contribution in [3.63, 3.8) is 0 Å². The van der Waals surface area contributed by atoms with Gasteiger partial charge < -0.3 is 19.5 Å². The van der Waals surface area contributed by atoms with Crippen LogP contribution in [-0.2, 0) is 9.53 Å². The van der Waals surface area contributed by atoms with Crippen molar-refractivity contribution in [3.8, 4) is 11.5 Å². The fraction of sp³-hybridized carbons (Fsp3) is 0.636. The summed E-state index contributed by atoms with van der Waals surface area (Å²) < 4.78 is 16.6. The second-order valence-corrected chi connectivity index (χ2v) is 8.64. The van der Waals surface area contributed by atoms with Crippen LogP contribution >= 0.6 is 0 Å². The number of methoxy groups -OCH3 is 1. The highest BCUT2D eigenvalue weighted by Crippen LogP contribution is 2.31. The molecule has 7 nitrogen and oxygen atoms in total. The SMILES string of the molecule is COc1cc(C(C)NC(=O)[C@@H]2CCCN2C(=O)OC(C)(C)C)ccc1OC(C)C. The highest BCUT2D eigenvalue weighted by molar-refractivity contribution is 5.86. The second-order valence-electron chi connectivity index (χ2n) is 8.64. The first-order valence-electron chi connectivity index (χ1n) is 10.2. The number of amides is 2. The van der Waals surface area contributed by atoms with Crippen LogP contribution in [0.5, 0.6) is 11.5 Å². The van der Waals surface area contributed by atoms with Gasteiger partial charge in [0, 0.05) is 6.54 Å². The van der Waals surface area contributed by atoms with E-state index in [1.165, 1.54) is 4.90 Å². The lowest BCUT2D eigenvalue weighted by Gasteiger charge is -2.28. The number of ether oxygens (including phenoxy) is 3. The lowest BCUT2D eigenvalue weighted by molar-refractivity contribution is -0.126. The largest absolute Gasteiger partial charge is 0.493 e. The maximum atomic E-state index is 12.9. The molecule has 0 aromatic heterocycles. The Labute approximate surface area is 173 Å². The topological polar surface area (TPSA) is 77.1 Å². The Morgan fingerprint density at radius 3 is 2.45 bits per heavy atom. The van der Waals surface area contributed by atoms with Crippen LogP contribution in [0.2, 0.25) is 0 Å². The molecule has 0 bridgehead atoms. The molecule has 1 heterocycles. The van der Waals surface area contributed by atoms with Crippen molar-refractivity contribution in [2.24, 2.45) is 0 Å². The van der Waals surface area contributed by atoms with E-state index in [1.54, 1.807) is 7.11 Å². The second kappa shape index (κ2) is 9.37. The number of likely N-dealkylation sites (tertiary alicyclic amines) is 1. The van der Waals surface area contributed by atoms with Gasteiger partial charge in [-0.3, -0.25) is 9.69 Å². The minimum Gasteiger partial charge on any atom is -0.493 e. The van der Waals surface area contributed by atoms with Crippen molar-refractivity contribution in [1.82, 2.24) is 10.2 Å². The number of carbonyl (C=O) groups excluding carboxylic acids is 2. The number of nitrogens with zero attached hydrogens (tertiary/aromatic N) is 1. The zero-order chi connectivity index (χ0) is 21.8. The minimum absolute atomic E-state index is 0.0353. The summed E-state index contributed by atoms with van der Waals surface area (Å²) in [6, 6.07) is 4.86. The molecule has 1 saturated heterocycles. The van der Waals surface area contributed by atoms with Gasteiger partial charge in [-0.25, -0.2) is 4.79 Å². The van der Waals surface area contributed by atoms with Crippen LogP contribution < -0.4 is 14.8 Å². The summed E-state index contributed by atoms with van der Waals surface area (Å²) in [5, 5.41) is 3.01. The first-order valence-corrected chi connectivity index (χ1v) is 10.2. The molecule has 162 valence electrons. The van der Waals surface area contributed by atoms with Gasteiger partial charge in [-0.1, -0.05) is 6.07 Å². The molecule has 0 spiro atoms. The van der Waals surface area contributed by atoms with Gasteiger partial charge in [0.1, 0.15) is 11.6 Å².